The standard InChI is InChI=1S/C77H122F6N12O14/c1-16-46(5)63-71(105)89(10)43-62(98)91(12)55-27-21-20-24-36-94(70(55)104)58(37-47-28-32-50(33-29-47)76(78,79)80)69(103)88(9)42-60(96)84-53(35-31-48-30-34-52(77(81,82)83)59(38-48)108-15)67(101)95-41-51(109-19-4)39-56(95)66(100)86-75(44-74(6,7)45-75)73(107)93(14)64(49-25-22-23-26-49)72(106)92(13)57(68(102)87(8)18-3)40-61(97)90(11)54(17-2)65(99)85-63/h20-21,46-59,63-64H,16-19,22-45H2,1-15H3,(H,84,96)(H,85,99)(H,86,100)/b21-20-/t46-,47?,48?,50?,51+,52?,53-,54-,55-,56-,57-,58-,59?,63-,64-/m0/s1. The summed E-state index contributed by atoms with van der Waals surface area (Å²) in [6.45, 7) is 11.0. The van der Waals surface area contributed by atoms with Gasteiger partial charge in [-0.1, -0.05) is 66.0 Å². The molecule has 6 fully saturated rings. The molecule has 0 aromatic rings. The molecule has 4 saturated carbocycles. The minimum Gasteiger partial charge on any atom is -0.381 e. The Kier molecular flexibility index (Phi) is 31.0. The number of carbonyl (C=O) groups is 12. The van der Waals surface area contributed by atoms with Crippen LogP contribution < -0.4 is 16.0 Å². The number of hydrogen-bond acceptors (Lipinski definition) is 14. The maximum absolute atomic E-state index is 15.8. The average molecular weight is 1550 g/mol. The predicted octanol–water partition coefficient (Wildman–Crippen LogP) is 6.47. The van der Waals surface area contributed by atoms with Crippen molar-refractivity contribution in [2.24, 2.45) is 40.9 Å². The van der Waals surface area contributed by atoms with E-state index in [0.717, 1.165) is 19.6 Å². The van der Waals surface area contributed by atoms with Gasteiger partial charge in [0, 0.05) is 89.1 Å². The number of likely N-dealkylation sites (N-methyl/N-ethyl adjacent to an activating group) is 7. The fourth-order valence-corrected chi connectivity index (χ4v) is 18.0. The van der Waals surface area contributed by atoms with Crippen LogP contribution in [0.3, 0.4) is 0 Å². The Labute approximate surface area is 638 Å². The maximum atomic E-state index is 15.8. The van der Waals surface area contributed by atoms with E-state index in [2.05, 4.69) is 16.0 Å². The number of nitrogens with one attached hydrogen (secondary N) is 3. The van der Waals surface area contributed by atoms with Crippen molar-refractivity contribution in [3.05, 3.63) is 12.2 Å². The van der Waals surface area contributed by atoms with Crippen LogP contribution in [-0.2, 0) is 67.0 Å². The third-order valence-corrected chi connectivity index (χ3v) is 24.7. The van der Waals surface area contributed by atoms with Gasteiger partial charge >= 0.3 is 12.4 Å². The highest BCUT2D eigenvalue weighted by Crippen LogP contribution is 2.50. The van der Waals surface area contributed by atoms with E-state index in [-0.39, 0.29) is 129 Å². The number of rotatable bonds is 14. The molecule has 1 spiro atoms. The molecule has 0 aromatic carbocycles. The van der Waals surface area contributed by atoms with E-state index in [1.807, 2.05) is 13.8 Å². The van der Waals surface area contributed by atoms with Crippen molar-refractivity contribution in [3.8, 4) is 0 Å². The Morgan fingerprint density at radius 1 is 0.661 bits per heavy atom. The average Bonchev–Trinajstić information content (AvgIpc) is 1.45. The van der Waals surface area contributed by atoms with E-state index in [1.165, 1.54) is 80.9 Å². The fourth-order valence-electron chi connectivity index (χ4n) is 18.0. The van der Waals surface area contributed by atoms with Gasteiger partial charge < -0.3 is 69.5 Å². The van der Waals surface area contributed by atoms with Crippen LogP contribution in [0.25, 0.3) is 0 Å². The van der Waals surface area contributed by atoms with Crippen LogP contribution in [0.1, 0.15) is 190 Å². The van der Waals surface area contributed by atoms with Gasteiger partial charge in [0.05, 0.1) is 43.6 Å². The van der Waals surface area contributed by atoms with Gasteiger partial charge in [-0.05, 0) is 152 Å². The number of alkyl halides is 6. The van der Waals surface area contributed by atoms with Crippen LogP contribution in [0.15, 0.2) is 12.2 Å². The number of hydrogen-bond donors (Lipinski definition) is 3. The topological polar surface area (TPSA) is 289 Å². The lowest BCUT2D eigenvalue weighted by Crippen LogP contribution is -2.71. The molecule has 7 rings (SSSR count). The molecule has 7 aliphatic rings. The Morgan fingerprint density at radius 3 is 1.87 bits per heavy atom. The van der Waals surface area contributed by atoms with Gasteiger partial charge in [-0.3, -0.25) is 57.5 Å². The first-order chi connectivity index (χ1) is 51.1. The molecule has 0 aromatic heterocycles. The summed E-state index contributed by atoms with van der Waals surface area (Å²) >= 11 is 0. The number of ether oxygens (including phenoxy) is 2. The second-order valence-electron chi connectivity index (χ2n) is 32.9. The minimum absolute atomic E-state index is 0.0134. The molecule has 3 N–H and O–H groups in total. The van der Waals surface area contributed by atoms with Crippen molar-refractivity contribution < 1.29 is 93.4 Å². The van der Waals surface area contributed by atoms with E-state index in [4.69, 9.17) is 9.47 Å². The van der Waals surface area contributed by atoms with Crippen LogP contribution >= 0.6 is 0 Å². The molecular formula is C77H122F6N12O14. The van der Waals surface area contributed by atoms with Crippen molar-refractivity contribution in [2.45, 2.75) is 268 Å². The smallest absolute Gasteiger partial charge is 0.381 e. The van der Waals surface area contributed by atoms with Gasteiger partial charge in [-0.2, -0.15) is 26.3 Å². The second kappa shape index (κ2) is 37.9. The summed E-state index contributed by atoms with van der Waals surface area (Å²) in [6.07, 6.45) is -6.26. The number of methoxy groups -OCH3 is 1. The number of fused-ring (bicyclic) bond motifs is 3. The zero-order valence-electron chi connectivity index (χ0n) is 66.7. The Balaban J connectivity index is 1.33. The number of halogens is 6. The summed E-state index contributed by atoms with van der Waals surface area (Å²) < 4.78 is 97.0. The fraction of sp³-hybridized carbons (Fsp3) is 0.818. The molecule has 4 aliphatic carbocycles. The highest BCUT2D eigenvalue weighted by molar-refractivity contribution is 6.01. The first-order valence-corrected chi connectivity index (χ1v) is 39.3. The van der Waals surface area contributed by atoms with Crippen molar-refractivity contribution in [2.75, 3.05) is 95.8 Å². The summed E-state index contributed by atoms with van der Waals surface area (Å²) in [5, 5.41) is 8.68. The summed E-state index contributed by atoms with van der Waals surface area (Å²) in [4.78, 5) is 193. The predicted molar refractivity (Wildman–Crippen MR) is 391 cm³/mol. The largest absolute Gasteiger partial charge is 0.394 e. The van der Waals surface area contributed by atoms with Crippen molar-refractivity contribution >= 4 is 70.9 Å². The van der Waals surface area contributed by atoms with Crippen LogP contribution in [0.2, 0.25) is 0 Å². The lowest BCUT2D eigenvalue weighted by molar-refractivity contribution is -0.215. The molecular weight excluding hydrogens is 1430 g/mol. The summed E-state index contributed by atoms with van der Waals surface area (Å²) in [7, 11) is 10.9. The number of amides is 12. The zero-order chi connectivity index (χ0) is 81.1. The SMILES string of the molecule is CCO[C@@H]1C[C@H]2C(=O)NC3(CC(C)(C)C3)C(=O)N(C)[C@@H](C3CCCC3)C(=O)N(C)[C@H](C(=O)N(C)CC)CC(=O)N(C)[C@@H](CC)C(=O)N[C@@H]([C@@H](C)CC)C(=O)N(C)CC(=O)N(C)[C@H]3C/C=C\CCN(C3=O)[C@@H](CC3CCC(C(F)(F)F)CC3)C(=O)N(C)CC(=O)N[C@@H](CCC3CCC(C(F)(F)F)C(OC)C3)C(=O)N2C1. The molecule has 616 valence electrons. The molecule has 109 heavy (non-hydrogen) atoms. The van der Waals surface area contributed by atoms with E-state index in [9.17, 15) is 55.1 Å². The van der Waals surface area contributed by atoms with E-state index in [0.29, 0.717) is 32.1 Å². The molecule has 0 radical (unpaired) electrons. The van der Waals surface area contributed by atoms with Gasteiger partial charge in [0.1, 0.15) is 53.9 Å². The molecule has 32 heteroatoms. The lowest BCUT2D eigenvalue weighted by atomic mass is 9.58. The monoisotopic (exact) mass is 1550 g/mol. The molecule has 2 bridgehead atoms. The van der Waals surface area contributed by atoms with E-state index in [1.54, 1.807) is 46.8 Å². The van der Waals surface area contributed by atoms with Gasteiger partial charge in [-0.15, -0.1) is 0 Å². The van der Waals surface area contributed by atoms with Crippen molar-refractivity contribution in [3.63, 3.8) is 0 Å². The quantitative estimate of drug-likeness (QED) is 0.124. The third kappa shape index (κ3) is 21.6. The van der Waals surface area contributed by atoms with Crippen LogP contribution in [0, 0.1) is 40.9 Å². The molecule has 26 nitrogen and oxygen atoms in total. The summed E-state index contributed by atoms with van der Waals surface area (Å²) in [6, 6.07) is -10.9. The minimum atomic E-state index is -4.57. The van der Waals surface area contributed by atoms with Gasteiger partial charge in [0.25, 0.3) is 0 Å². The number of nitrogens with zero attached hydrogens (tertiary/aromatic N) is 9. The van der Waals surface area contributed by atoms with Gasteiger partial charge in [0.15, 0.2) is 0 Å². The Morgan fingerprint density at radius 2 is 1.29 bits per heavy atom. The Hall–Kier alpha value is -7.12. The zero-order valence-corrected chi connectivity index (χ0v) is 66.7. The molecule has 3 heterocycles. The van der Waals surface area contributed by atoms with Crippen molar-refractivity contribution in [1.82, 2.24) is 60.0 Å². The Bertz CT molecular complexity index is 3270. The number of carbonyl (C=O) groups excluding carboxylic acids is 12. The normalized spacial score (nSPS) is 31.6. The van der Waals surface area contributed by atoms with E-state index < -0.39 is 210 Å². The molecule has 3 aliphatic heterocycles. The van der Waals surface area contributed by atoms with Crippen LogP contribution in [0.4, 0.5) is 26.3 Å². The van der Waals surface area contributed by atoms with Gasteiger partial charge in [0.2, 0.25) is 70.9 Å². The van der Waals surface area contributed by atoms with Gasteiger partial charge in [-0.25, -0.2) is 0 Å². The van der Waals surface area contributed by atoms with Crippen LogP contribution in [-0.4, -0.2) is 289 Å². The highest BCUT2D eigenvalue weighted by Gasteiger charge is 2.60. The van der Waals surface area contributed by atoms with Crippen molar-refractivity contribution in [1.29, 1.82) is 0 Å². The molecule has 2 saturated heterocycles. The summed E-state index contributed by atoms with van der Waals surface area (Å²) in [5.74, 6) is -14.2. The maximum Gasteiger partial charge on any atom is 0.394 e. The second-order valence-corrected chi connectivity index (χ2v) is 32.9. The lowest BCUT2D eigenvalue weighted by Gasteiger charge is -2.54. The molecule has 12 amide bonds. The van der Waals surface area contributed by atoms with E-state index >= 15 is 28.8 Å². The first-order valence-electron chi connectivity index (χ1n) is 39.3. The third-order valence-electron chi connectivity index (χ3n) is 24.7. The highest BCUT2D eigenvalue weighted by atomic mass is 19.4. The molecule has 3 unspecified atom stereocenters. The first kappa shape index (κ1) is 89.1. The van der Waals surface area contributed by atoms with Crippen LogP contribution in [0.5, 0.6) is 0 Å². The molecule has 13 atom stereocenters. The summed E-state index contributed by atoms with van der Waals surface area (Å²) in [5.41, 5.74) is -2.26.